The first-order valence-electron chi connectivity index (χ1n) is 3.94. The molecule has 0 aliphatic heterocycles. The summed E-state index contributed by atoms with van der Waals surface area (Å²) in [5.74, 6) is 0. The number of aryl methyl sites for hydroxylation is 1. The van der Waals surface area contributed by atoms with Crippen molar-refractivity contribution in [2.75, 3.05) is 6.54 Å². The molecule has 3 heteroatoms. The van der Waals surface area contributed by atoms with Crippen molar-refractivity contribution in [1.82, 2.24) is 10.3 Å². The van der Waals surface area contributed by atoms with Crippen LogP contribution in [0, 0.1) is 6.92 Å². The Morgan fingerprint density at radius 3 is 3.00 bits per heavy atom. The van der Waals surface area contributed by atoms with Crippen LogP contribution >= 0.6 is 11.3 Å². The third-order valence-electron chi connectivity index (χ3n) is 1.37. The Morgan fingerprint density at radius 2 is 2.45 bits per heavy atom. The lowest BCUT2D eigenvalue weighted by atomic mass is 10.5. The first-order chi connectivity index (χ1) is 5.33. The molecule has 11 heavy (non-hydrogen) atoms. The number of hydrogen-bond acceptors (Lipinski definition) is 3. The zero-order valence-corrected chi connectivity index (χ0v) is 7.87. The predicted octanol–water partition coefficient (Wildman–Crippen LogP) is 1.95. The Kier molecular flexibility index (Phi) is 3.52. The summed E-state index contributed by atoms with van der Waals surface area (Å²) in [6.45, 7) is 6.20. The topological polar surface area (TPSA) is 24.9 Å². The van der Waals surface area contributed by atoms with Crippen molar-refractivity contribution >= 4 is 11.3 Å². The molecule has 62 valence electrons. The van der Waals surface area contributed by atoms with Crippen LogP contribution in [0.15, 0.2) is 5.38 Å². The molecule has 0 unspecified atom stereocenters. The van der Waals surface area contributed by atoms with Crippen molar-refractivity contribution < 1.29 is 0 Å². The highest BCUT2D eigenvalue weighted by molar-refractivity contribution is 7.09. The summed E-state index contributed by atoms with van der Waals surface area (Å²) in [7, 11) is 0. The van der Waals surface area contributed by atoms with E-state index in [9.17, 15) is 0 Å². The van der Waals surface area contributed by atoms with E-state index in [4.69, 9.17) is 0 Å². The fourth-order valence-electron chi connectivity index (χ4n) is 0.856. The maximum Gasteiger partial charge on any atom is 0.107 e. The number of nitrogens with zero attached hydrogens (tertiary/aromatic N) is 1. The Balaban J connectivity index is 2.27. The van der Waals surface area contributed by atoms with Gasteiger partial charge in [0.05, 0.1) is 0 Å². The van der Waals surface area contributed by atoms with Crippen LogP contribution in [0.4, 0.5) is 0 Å². The molecule has 0 aliphatic carbocycles. The number of thiazole rings is 1. The summed E-state index contributed by atoms with van der Waals surface area (Å²) in [5.41, 5.74) is 1.13. The molecule has 0 saturated carbocycles. The number of rotatable bonds is 4. The molecule has 0 radical (unpaired) electrons. The Hall–Kier alpha value is -0.410. The smallest absolute Gasteiger partial charge is 0.107 e. The molecule has 0 amide bonds. The lowest BCUT2D eigenvalue weighted by Crippen LogP contribution is -2.13. The molecule has 0 aromatic carbocycles. The second-order valence-corrected chi connectivity index (χ2v) is 3.50. The van der Waals surface area contributed by atoms with Gasteiger partial charge in [-0.25, -0.2) is 4.98 Å². The first kappa shape index (κ1) is 8.68. The Bertz CT molecular complexity index is 208. The molecule has 0 fully saturated rings. The van der Waals surface area contributed by atoms with Crippen molar-refractivity contribution in [2.24, 2.45) is 0 Å². The van der Waals surface area contributed by atoms with Gasteiger partial charge in [0.2, 0.25) is 0 Å². The van der Waals surface area contributed by atoms with Gasteiger partial charge in [-0.3, -0.25) is 0 Å². The van der Waals surface area contributed by atoms with Gasteiger partial charge in [-0.15, -0.1) is 11.3 Å². The molecule has 1 aromatic rings. The highest BCUT2D eigenvalue weighted by Crippen LogP contribution is 2.07. The van der Waals surface area contributed by atoms with Gasteiger partial charge in [0.25, 0.3) is 0 Å². The van der Waals surface area contributed by atoms with Crippen molar-refractivity contribution in [2.45, 2.75) is 26.8 Å². The summed E-state index contributed by atoms with van der Waals surface area (Å²) in [6, 6.07) is 0. The van der Waals surface area contributed by atoms with Crippen LogP contribution in [0.3, 0.4) is 0 Å². The quantitative estimate of drug-likeness (QED) is 0.699. The van der Waals surface area contributed by atoms with E-state index in [-0.39, 0.29) is 0 Å². The monoisotopic (exact) mass is 170 g/mol. The van der Waals surface area contributed by atoms with Crippen LogP contribution in [0.25, 0.3) is 0 Å². The predicted molar refractivity (Wildman–Crippen MR) is 48.8 cm³/mol. The summed E-state index contributed by atoms with van der Waals surface area (Å²) in [6.07, 6.45) is 1.18. The third kappa shape index (κ3) is 2.99. The van der Waals surface area contributed by atoms with Crippen LogP contribution in [0.1, 0.15) is 24.0 Å². The van der Waals surface area contributed by atoms with E-state index in [1.807, 2.05) is 6.92 Å². The molecular formula is C8H14N2S. The molecular weight excluding hydrogens is 156 g/mol. The van der Waals surface area contributed by atoms with Gasteiger partial charge >= 0.3 is 0 Å². The van der Waals surface area contributed by atoms with Gasteiger partial charge in [0.1, 0.15) is 5.01 Å². The number of hydrogen-bond donors (Lipinski definition) is 1. The molecule has 1 N–H and O–H groups in total. The standard InChI is InChI=1S/C8H14N2S/c1-3-4-9-5-8-10-7(2)6-11-8/h6,9H,3-5H2,1-2H3. The Morgan fingerprint density at radius 1 is 1.64 bits per heavy atom. The van der Waals surface area contributed by atoms with Gasteiger partial charge in [-0.2, -0.15) is 0 Å². The largest absolute Gasteiger partial charge is 0.310 e. The normalized spacial score (nSPS) is 10.4. The minimum atomic E-state index is 0.923. The van der Waals surface area contributed by atoms with Gasteiger partial charge in [0.15, 0.2) is 0 Å². The first-order valence-corrected chi connectivity index (χ1v) is 4.82. The maximum absolute atomic E-state index is 4.34. The zero-order valence-electron chi connectivity index (χ0n) is 7.05. The minimum absolute atomic E-state index is 0.923. The number of aromatic nitrogens is 1. The fraction of sp³-hybridized carbons (Fsp3) is 0.625. The molecule has 0 aliphatic rings. The summed E-state index contributed by atoms with van der Waals surface area (Å²) >= 11 is 1.73. The molecule has 0 bridgehead atoms. The highest BCUT2D eigenvalue weighted by atomic mass is 32.1. The van der Waals surface area contributed by atoms with Crippen LogP contribution < -0.4 is 5.32 Å². The lowest BCUT2D eigenvalue weighted by Gasteiger charge is -1.97. The van der Waals surface area contributed by atoms with E-state index in [1.54, 1.807) is 11.3 Å². The average Bonchev–Trinajstić information content (AvgIpc) is 2.37. The molecule has 1 aromatic heterocycles. The van der Waals surface area contributed by atoms with Gasteiger partial charge in [-0.05, 0) is 19.9 Å². The third-order valence-corrected chi connectivity index (χ3v) is 2.34. The van der Waals surface area contributed by atoms with Crippen LogP contribution in [0.2, 0.25) is 0 Å². The molecule has 0 saturated heterocycles. The molecule has 0 atom stereocenters. The van der Waals surface area contributed by atoms with E-state index >= 15 is 0 Å². The van der Waals surface area contributed by atoms with E-state index < -0.39 is 0 Å². The lowest BCUT2D eigenvalue weighted by molar-refractivity contribution is 0.672. The van der Waals surface area contributed by atoms with E-state index in [0.717, 1.165) is 18.8 Å². The van der Waals surface area contributed by atoms with Crippen molar-refractivity contribution in [3.8, 4) is 0 Å². The fourth-order valence-corrected chi connectivity index (χ4v) is 1.60. The minimum Gasteiger partial charge on any atom is -0.310 e. The van der Waals surface area contributed by atoms with E-state index in [2.05, 4.69) is 22.6 Å². The van der Waals surface area contributed by atoms with Gasteiger partial charge in [0, 0.05) is 17.6 Å². The van der Waals surface area contributed by atoms with Crippen LogP contribution in [-0.2, 0) is 6.54 Å². The van der Waals surface area contributed by atoms with Crippen LogP contribution in [-0.4, -0.2) is 11.5 Å². The Labute approximate surface area is 71.7 Å². The molecule has 2 nitrogen and oxygen atoms in total. The van der Waals surface area contributed by atoms with Crippen molar-refractivity contribution in [1.29, 1.82) is 0 Å². The molecule has 1 heterocycles. The van der Waals surface area contributed by atoms with Crippen LogP contribution in [0.5, 0.6) is 0 Å². The highest BCUT2D eigenvalue weighted by Gasteiger charge is 1.95. The maximum atomic E-state index is 4.34. The summed E-state index contributed by atoms with van der Waals surface area (Å²) in [5, 5.41) is 6.59. The summed E-state index contributed by atoms with van der Waals surface area (Å²) in [4.78, 5) is 4.34. The van der Waals surface area contributed by atoms with E-state index in [0.29, 0.717) is 0 Å². The zero-order chi connectivity index (χ0) is 8.10. The molecule has 0 spiro atoms. The SMILES string of the molecule is CCCNCc1nc(C)cs1. The average molecular weight is 170 g/mol. The number of nitrogens with one attached hydrogen (secondary N) is 1. The second-order valence-electron chi connectivity index (χ2n) is 2.56. The van der Waals surface area contributed by atoms with Crippen molar-refractivity contribution in [3.63, 3.8) is 0 Å². The summed E-state index contributed by atoms with van der Waals surface area (Å²) < 4.78 is 0. The van der Waals surface area contributed by atoms with E-state index in [1.165, 1.54) is 11.4 Å². The second kappa shape index (κ2) is 4.46. The molecule has 1 rings (SSSR count). The van der Waals surface area contributed by atoms with Gasteiger partial charge < -0.3 is 5.32 Å². The van der Waals surface area contributed by atoms with Crippen molar-refractivity contribution in [3.05, 3.63) is 16.1 Å². The van der Waals surface area contributed by atoms with Gasteiger partial charge in [-0.1, -0.05) is 6.92 Å².